The van der Waals surface area contributed by atoms with Crippen molar-refractivity contribution in [3.63, 3.8) is 0 Å². The number of likely N-dealkylation sites (tertiary alicyclic amines) is 1. The third-order valence-corrected chi connectivity index (χ3v) is 5.33. The maximum Gasteiger partial charge on any atom is 0.0991 e. The number of hydrogen-bond donors (Lipinski definition) is 1. The minimum atomic E-state index is 0.138. The third-order valence-electron chi connectivity index (χ3n) is 5.33. The minimum absolute atomic E-state index is 0.138. The second-order valence-corrected chi connectivity index (χ2v) is 6.67. The Kier molecular flexibility index (Phi) is 3.32. The average Bonchev–Trinajstić information content (AvgIpc) is 2.71. The van der Waals surface area contributed by atoms with E-state index in [2.05, 4.69) is 30.9 Å². The van der Waals surface area contributed by atoms with Gasteiger partial charge in [0.15, 0.2) is 0 Å². The monoisotopic (exact) mass is 269 g/mol. The van der Waals surface area contributed by atoms with Gasteiger partial charge < -0.3 is 10.6 Å². The Hall–Kier alpha value is -1.37. The summed E-state index contributed by atoms with van der Waals surface area (Å²) in [6.07, 6.45) is 3.39. The molecule has 0 unspecified atom stereocenters. The smallest absolute Gasteiger partial charge is 0.0991 e. The van der Waals surface area contributed by atoms with Gasteiger partial charge in [0.25, 0.3) is 0 Å². The first kappa shape index (κ1) is 13.6. The van der Waals surface area contributed by atoms with Gasteiger partial charge in [-0.05, 0) is 74.9 Å². The molecule has 1 atom stereocenters. The fourth-order valence-electron chi connectivity index (χ4n) is 3.92. The molecule has 106 valence electrons. The molecule has 1 aliphatic carbocycles. The molecule has 0 saturated carbocycles. The van der Waals surface area contributed by atoms with Crippen molar-refractivity contribution in [3.05, 3.63) is 34.9 Å². The highest BCUT2D eigenvalue weighted by atomic mass is 15.2. The number of nitriles is 1. The van der Waals surface area contributed by atoms with E-state index in [4.69, 9.17) is 11.0 Å². The maximum absolute atomic E-state index is 9.04. The molecule has 3 rings (SSSR count). The zero-order chi connectivity index (χ0) is 14.3. The van der Waals surface area contributed by atoms with Crippen LogP contribution in [0.5, 0.6) is 0 Å². The molecular weight excluding hydrogens is 246 g/mol. The maximum atomic E-state index is 9.04. The van der Waals surface area contributed by atoms with Crippen LogP contribution in [0.15, 0.2) is 18.2 Å². The highest BCUT2D eigenvalue weighted by molar-refractivity contribution is 5.44. The van der Waals surface area contributed by atoms with Crippen LogP contribution in [-0.4, -0.2) is 24.0 Å². The van der Waals surface area contributed by atoms with Gasteiger partial charge in [0.2, 0.25) is 0 Å². The Morgan fingerprint density at radius 1 is 1.35 bits per heavy atom. The van der Waals surface area contributed by atoms with Crippen LogP contribution in [-0.2, 0) is 6.42 Å². The Bertz CT molecular complexity index is 548. The van der Waals surface area contributed by atoms with E-state index in [1.807, 2.05) is 12.1 Å². The van der Waals surface area contributed by atoms with E-state index >= 15 is 0 Å². The summed E-state index contributed by atoms with van der Waals surface area (Å²) in [6.45, 7) is 6.82. The molecule has 0 bridgehead atoms. The van der Waals surface area contributed by atoms with Crippen LogP contribution in [0.4, 0.5) is 0 Å². The number of piperidine rings is 1. The summed E-state index contributed by atoms with van der Waals surface area (Å²) in [5.41, 5.74) is 10.1. The first-order valence-corrected chi connectivity index (χ1v) is 7.58. The van der Waals surface area contributed by atoms with Crippen LogP contribution in [0.3, 0.4) is 0 Å². The highest BCUT2D eigenvalue weighted by Gasteiger charge is 2.46. The van der Waals surface area contributed by atoms with Crippen molar-refractivity contribution in [2.45, 2.75) is 45.2 Å². The van der Waals surface area contributed by atoms with E-state index in [-0.39, 0.29) is 11.5 Å². The molecule has 3 nitrogen and oxygen atoms in total. The van der Waals surface area contributed by atoms with Gasteiger partial charge in [-0.25, -0.2) is 0 Å². The van der Waals surface area contributed by atoms with Crippen LogP contribution in [0.2, 0.25) is 0 Å². The van der Waals surface area contributed by atoms with E-state index in [1.165, 1.54) is 24.0 Å². The summed E-state index contributed by atoms with van der Waals surface area (Å²) in [6, 6.07) is 9.01. The zero-order valence-electron chi connectivity index (χ0n) is 12.4. The van der Waals surface area contributed by atoms with E-state index in [0.29, 0.717) is 6.04 Å². The highest BCUT2D eigenvalue weighted by Crippen LogP contribution is 2.50. The van der Waals surface area contributed by atoms with E-state index in [0.717, 1.165) is 25.1 Å². The lowest BCUT2D eigenvalue weighted by Gasteiger charge is -2.43. The summed E-state index contributed by atoms with van der Waals surface area (Å²) in [5, 5.41) is 9.04. The topological polar surface area (TPSA) is 53.0 Å². The van der Waals surface area contributed by atoms with Crippen molar-refractivity contribution in [1.29, 1.82) is 5.26 Å². The number of nitrogens with zero attached hydrogens (tertiary/aromatic N) is 2. The number of benzene rings is 1. The van der Waals surface area contributed by atoms with Crippen molar-refractivity contribution in [2.75, 3.05) is 13.1 Å². The van der Waals surface area contributed by atoms with Crippen LogP contribution in [0.25, 0.3) is 0 Å². The Morgan fingerprint density at radius 2 is 2.05 bits per heavy atom. The molecule has 2 N–H and O–H groups in total. The molecule has 2 aliphatic rings. The van der Waals surface area contributed by atoms with E-state index < -0.39 is 0 Å². The molecule has 1 saturated heterocycles. The second kappa shape index (κ2) is 4.87. The molecular formula is C17H23N3. The van der Waals surface area contributed by atoms with E-state index in [9.17, 15) is 0 Å². The fraction of sp³-hybridized carbons (Fsp3) is 0.588. The van der Waals surface area contributed by atoms with Crippen LogP contribution < -0.4 is 5.73 Å². The summed E-state index contributed by atoms with van der Waals surface area (Å²) in [5.74, 6) is 0. The quantitative estimate of drug-likeness (QED) is 0.852. The number of fused-ring (bicyclic) bond motifs is 1. The Balaban J connectivity index is 1.83. The van der Waals surface area contributed by atoms with Crippen LogP contribution >= 0.6 is 0 Å². The van der Waals surface area contributed by atoms with Gasteiger partial charge in [-0.1, -0.05) is 6.07 Å². The predicted octanol–water partition coefficient (Wildman–Crippen LogP) is 2.60. The molecule has 1 aromatic carbocycles. The lowest BCUT2D eigenvalue weighted by Crippen LogP contribution is -2.46. The summed E-state index contributed by atoms with van der Waals surface area (Å²) >= 11 is 0. The van der Waals surface area contributed by atoms with Crippen LogP contribution in [0, 0.1) is 16.7 Å². The van der Waals surface area contributed by atoms with Crippen molar-refractivity contribution >= 4 is 0 Å². The van der Waals surface area contributed by atoms with Crippen molar-refractivity contribution in [1.82, 2.24) is 4.90 Å². The van der Waals surface area contributed by atoms with Crippen LogP contribution in [0.1, 0.15) is 49.4 Å². The van der Waals surface area contributed by atoms with Gasteiger partial charge in [-0.3, -0.25) is 0 Å². The third kappa shape index (κ3) is 2.04. The minimum Gasteiger partial charge on any atom is -0.323 e. The molecule has 1 aromatic rings. The summed E-state index contributed by atoms with van der Waals surface area (Å²) in [7, 11) is 0. The summed E-state index contributed by atoms with van der Waals surface area (Å²) < 4.78 is 0. The standard InChI is InChI=1S/C17H23N3/c1-12(2)20-7-5-17(6-8-20)10-14-9-13(11-18)3-4-15(14)16(17)19/h3-4,9,12,16H,5-8,10,19H2,1-2H3/t16-/m0/s1. The second-order valence-electron chi connectivity index (χ2n) is 6.67. The molecule has 1 fully saturated rings. The normalized spacial score (nSPS) is 24.9. The SMILES string of the molecule is CC(C)N1CCC2(CC1)Cc1cc(C#N)ccc1[C@@H]2N. The number of hydrogen-bond acceptors (Lipinski definition) is 3. The number of nitrogens with two attached hydrogens (primary N) is 1. The van der Waals surface area contributed by atoms with Gasteiger partial charge in [0.05, 0.1) is 11.6 Å². The fourth-order valence-corrected chi connectivity index (χ4v) is 3.92. The lowest BCUT2D eigenvalue weighted by atomic mass is 9.73. The van der Waals surface area contributed by atoms with E-state index in [1.54, 1.807) is 0 Å². The molecule has 0 amide bonds. The molecule has 0 radical (unpaired) electrons. The van der Waals surface area contributed by atoms with Crippen molar-refractivity contribution < 1.29 is 0 Å². The molecule has 1 aliphatic heterocycles. The Morgan fingerprint density at radius 3 is 2.65 bits per heavy atom. The first-order chi connectivity index (χ1) is 9.55. The molecule has 1 spiro atoms. The first-order valence-electron chi connectivity index (χ1n) is 7.58. The number of rotatable bonds is 1. The Labute approximate surface area is 121 Å². The molecule has 0 aromatic heterocycles. The average molecular weight is 269 g/mol. The van der Waals surface area contributed by atoms with Crippen molar-refractivity contribution in [3.8, 4) is 6.07 Å². The van der Waals surface area contributed by atoms with Gasteiger partial charge >= 0.3 is 0 Å². The van der Waals surface area contributed by atoms with Gasteiger partial charge in [0.1, 0.15) is 0 Å². The molecule has 20 heavy (non-hydrogen) atoms. The molecule has 3 heteroatoms. The molecule has 1 heterocycles. The van der Waals surface area contributed by atoms with Gasteiger partial charge in [-0.2, -0.15) is 5.26 Å². The predicted molar refractivity (Wildman–Crippen MR) is 80.2 cm³/mol. The lowest BCUT2D eigenvalue weighted by molar-refractivity contribution is 0.0710. The largest absolute Gasteiger partial charge is 0.323 e. The zero-order valence-corrected chi connectivity index (χ0v) is 12.4. The summed E-state index contributed by atoms with van der Waals surface area (Å²) in [4.78, 5) is 2.54. The van der Waals surface area contributed by atoms with Gasteiger partial charge in [0, 0.05) is 12.1 Å². The van der Waals surface area contributed by atoms with Crippen molar-refractivity contribution in [2.24, 2.45) is 11.1 Å². The van der Waals surface area contributed by atoms with Gasteiger partial charge in [-0.15, -0.1) is 0 Å².